The van der Waals surface area contributed by atoms with Crippen LogP contribution in [0.1, 0.15) is 50.6 Å². The van der Waals surface area contributed by atoms with Crippen molar-refractivity contribution in [1.82, 2.24) is 19.7 Å². The molecule has 4 aromatic rings. The van der Waals surface area contributed by atoms with E-state index in [1.54, 1.807) is 24.4 Å². The van der Waals surface area contributed by atoms with Crippen molar-refractivity contribution in [2.75, 3.05) is 13.1 Å². The van der Waals surface area contributed by atoms with Gasteiger partial charge >= 0.3 is 0 Å². The molecule has 168 valence electrons. The second-order valence-corrected chi connectivity index (χ2v) is 9.77. The summed E-state index contributed by atoms with van der Waals surface area (Å²) >= 11 is 0. The van der Waals surface area contributed by atoms with Gasteiger partial charge in [0, 0.05) is 35.3 Å². The summed E-state index contributed by atoms with van der Waals surface area (Å²) in [6, 6.07) is 9.28. The molecular formula is C26H26N4O3. The second-order valence-electron chi connectivity index (χ2n) is 9.77. The highest BCUT2D eigenvalue weighted by molar-refractivity contribution is 6.09. The van der Waals surface area contributed by atoms with Gasteiger partial charge < -0.3 is 10.0 Å². The highest BCUT2D eigenvalue weighted by atomic mass is 16.3. The molecule has 2 fully saturated rings. The number of benzene rings is 2. The number of aliphatic hydroxyl groups is 1. The fraction of sp³-hybridized carbons (Fsp3) is 0.385. The van der Waals surface area contributed by atoms with Crippen molar-refractivity contribution < 1.29 is 9.90 Å². The molecule has 1 saturated carbocycles. The molecule has 3 heterocycles. The molecule has 1 amide bonds. The van der Waals surface area contributed by atoms with Crippen LogP contribution in [0, 0.1) is 5.41 Å². The monoisotopic (exact) mass is 442 g/mol. The minimum Gasteiger partial charge on any atom is -0.507 e. The fourth-order valence-electron chi connectivity index (χ4n) is 5.49. The van der Waals surface area contributed by atoms with E-state index in [9.17, 15) is 14.7 Å². The predicted molar refractivity (Wildman–Crippen MR) is 126 cm³/mol. The van der Waals surface area contributed by atoms with Gasteiger partial charge in [0.2, 0.25) is 5.91 Å². The van der Waals surface area contributed by atoms with Gasteiger partial charge in [0.1, 0.15) is 5.76 Å². The molecule has 0 bridgehead atoms. The van der Waals surface area contributed by atoms with E-state index in [0.29, 0.717) is 27.6 Å². The van der Waals surface area contributed by atoms with Crippen LogP contribution in [0.15, 0.2) is 47.5 Å². The van der Waals surface area contributed by atoms with Crippen molar-refractivity contribution >= 4 is 33.3 Å². The van der Waals surface area contributed by atoms with Gasteiger partial charge in [-0.3, -0.25) is 14.3 Å². The maximum atomic E-state index is 12.8. The Bertz CT molecular complexity index is 1480. The number of likely N-dealkylation sites (tertiary alicyclic amines) is 1. The molecule has 1 aliphatic carbocycles. The lowest BCUT2D eigenvalue weighted by Gasteiger charge is -2.43. The number of carbonyl (C=O) groups is 1. The number of hydrogen-bond acceptors (Lipinski definition) is 5. The highest BCUT2D eigenvalue weighted by Gasteiger charge is 2.42. The van der Waals surface area contributed by atoms with Gasteiger partial charge in [-0.15, -0.1) is 0 Å². The summed E-state index contributed by atoms with van der Waals surface area (Å²) < 4.78 is 1.91. The van der Waals surface area contributed by atoms with E-state index in [1.807, 2.05) is 27.9 Å². The first-order valence-corrected chi connectivity index (χ1v) is 11.7. The molecule has 2 aromatic carbocycles. The molecule has 6 rings (SSSR count). The average molecular weight is 443 g/mol. The van der Waals surface area contributed by atoms with Crippen LogP contribution >= 0.6 is 0 Å². The van der Waals surface area contributed by atoms with Crippen molar-refractivity contribution in [2.45, 2.75) is 45.1 Å². The summed E-state index contributed by atoms with van der Waals surface area (Å²) in [6.45, 7) is 3.58. The lowest BCUT2D eigenvalue weighted by molar-refractivity contribution is -0.147. The van der Waals surface area contributed by atoms with Gasteiger partial charge in [-0.05, 0) is 49.3 Å². The number of aromatic nitrogens is 3. The van der Waals surface area contributed by atoms with Crippen molar-refractivity contribution in [2.24, 2.45) is 5.41 Å². The number of rotatable bonds is 3. The second kappa shape index (κ2) is 7.27. The molecule has 0 atom stereocenters. The molecule has 0 radical (unpaired) electrons. The highest BCUT2D eigenvalue weighted by Crippen LogP contribution is 2.42. The Morgan fingerprint density at radius 3 is 2.61 bits per heavy atom. The first kappa shape index (κ1) is 20.1. The number of amides is 1. The van der Waals surface area contributed by atoms with E-state index in [1.165, 1.54) is 0 Å². The van der Waals surface area contributed by atoms with Gasteiger partial charge in [0.15, 0.2) is 0 Å². The topological polar surface area (TPSA) is 88.3 Å². The van der Waals surface area contributed by atoms with Crippen molar-refractivity contribution in [3.8, 4) is 0 Å². The number of piperidine rings is 1. The zero-order valence-electron chi connectivity index (χ0n) is 18.6. The maximum Gasteiger partial charge on any atom is 0.278 e. The van der Waals surface area contributed by atoms with E-state index < -0.39 is 0 Å². The van der Waals surface area contributed by atoms with E-state index in [0.717, 1.165) is 56.0 Å². The van der Waals surface area contributed by atoms with Crippen LogP contribution in [0.5, 0.6) is 0 Å². The summed E-state index contributed by atoms with van der Waals surface area (Å²) in [5, 5.41) is 18.5. The van der Waals surface area contributed by atoms with Crippen LogP contribution < -0.4 is 10.8 Å². The Morgan fingerprint density at radius 2 is 1.88 bits per heavy atom. The third kappa shape index (κ3) is 3.09. The molecular weight excluding hydrogens is 416 g/mol. The Morgan fingerprint density at radius 1 is 1.12 bits per heavy atom. The van der Waals surface area contributed by atoms with Gasteiger partial charge in [-0.25, -0.2) is 4.98 Å². The molecule has 0 spiro atoms. The van der Waals surface area contributed by atoms with Gasteiger partial charge in [0.25, 0.3) is 5.56 Å². The molecule has 33 heavy (non-hydrogen) atoms. The molecule has 1 saturated heterocycles. The van der Waals surface area contributed by atoms with Crippen molar-refractivity contribution in [1.29, 1.82) is 0 Å². The van der Waals surface area contributed by atoms with Crippen LogP contribution in [-0.4, -0.2) is 43.8 Å². The van der Waals surface area contributed by atoms with Crippen LogP contribution in [0.4, 0.5) is 0 Å². The predicted octanol–water partition coefficient (Wildman–Crippen LogP) is 3.17. The summed E-state index contributed by atoms with van der Waals surface area (Å²) in [6.07, 6.45) is 8.43. The Balaban J connectivity index is 1.27. The quantitative estimate of drug-likeness (QED) is 0.527. The molecule has 0 unspecified atom stereocenters. The van der Waals surface area contributed by atoms with Crippen LogP contribution in [-0.2, 0) is 4.79 Å². The first-order valence-electron chi connectivity index (χ1n) is 11.7. The van der Waals surface area contributed by atoms with Gasteiger partial charge in [0.05, 0.1) is 28.7 Å². The Labute approximate surface area is 190 Å². The Hall–Kier alpha value is -3.48. The van der Waals surface area contributed by atoms with Crippen molar-refractivity contribution in [3.63, 3.8) is 0 Å². The SMILES string of the molecule is CC1(C(=O)N2CCC(n3cc(C(O)=c4ccc5nc(=O)c6cccc4c56)cn3)CC2)CCC1. The Kier molecular flexibility index (Phi) is 4.44. The number of hydrogen-bond donors (Lipinski definition) is 1. The fourth-order valence-corrected chi connectivity index (χ4v) is 5.49. The molecule has 7 nitrogen and oxygen atoms in total. The molecule has 7 heteroatoms. The summed E-state index contributed by atoms with van der Waals surface area (Å²) in [5.74, 6) is 0.437. The molecule has 2 aliphatic rings. The van der Waals surface area contributed by atoms with E-state index in [4.69, 9.17) is 0 Å². The minimum absolute atomic E-state index is 0.134. The number of nitrogens with zero attached hydrogens (tertiary/aromatic N) is 4. The van der Waals surface area contributed by atoms with E-state index in [2.05, 4.69) is 17.0 Å². The lowest BCUT2D eigenvalue weighted by atomic mass is 9.69. The average Bonchev–Trinajstić information content (AvgIpc) is 3.43. The summed E-state index contributed by atoms with van der Waals surface area (Å²) in [4.78, 5) is 31.1. The zero-order chi connectivity index (χ0) is 22.7. The van der Waals surface area contributed by atoms with Crippen LogP contribution in [0.3, 0.4) is 0 Å². The normalized spacial score (nSPS) is 19.7. The zero-order valence-corrected chi connectivity index (χ0v) is 18.6. The smallest absolute Gasteiger partial charge is 0.278 e. The standard InChI is InChI=1S/C26H26N4O3/c1-26(10-3-11-26)25(33)29-12-8-17(9-13-29)30-15-16(14-27-30)23(31)19-6-7-21-22-18(19)4-2-5-20(22)24(32)28-21/h2,4-7,14-15,17,31H,3,8-13H2,1H3. The first-order chi connectivity index (χ1) is 15.9. The van der Waals surface area contributed by atoms with Crippen molar-refractivity contribution in [3.05, 3.63) is 63.9 Å². The maximum absolute atomic E-state index is 12.8. The van der Waals surface area contributed by atoms with Gasteiger partial charge in [-0.2, -0.15) is 5.10 Å². The van der Waals surface area contributed by atoms with E-state index in [-0.39, 0.29) is 22.8 Å². The largest absolute Gasteiger partial charge is 0.507 e. The van der Waals surface area contributed by atoms with Gasteiger partial charge in [-0.1, -0.05) is 25.5 Å². The summed E-state index contributed by atoms with van der Waals surface area (Å²) in [7, 11) is 0. The molecule has 1 aliphatic heterocycles. The molecule has 1 N–H and O–H groups in total. The lowest BCUT2D eigenvalue weighted by Crippen LogP contribution is -2.49. The minimum atomic E-state index is -0.240. The van der Waals surface area contributed by atoms with E-state index >= 15 is 0 Å². The number of aliphatic hydroxyl groups excluding tert-OH is 1. The third-order valence-corrected chi connectivity index (χ3v) is 7.70. The third-order valence-electron chi connectivity index (χ3n) is 7.70. The van der Waals surface area contributed by atoms with Crippen LogP contribution in [0.25, 0.3) is 27.4 Å². The van der Waals surface area contributed by atoms with Crippen LogP contribution in [0.2, 0.25) is 0 Å². The molecule has 2 aromatic heterocycles. The summed E-state index contributed by atoms with van der Waals surface area (Å²) in [5.41, 5.74) is 0.896. The number of carbonyl (C=O) groups excluding carboxylic acids is 1.